The number of hydrogen-bond acceptors (Lipinski definition) is 9. The van der Waals surface area contributed by atoms with E-state index in [9.17, 15) is 9.59 Å². The first-order valence-corrected chi connectivity index (χ1v) is 14.0. The van der Waals surface area contributed by atoms with Crippen LogP contribution in [-0.4, -0.2) is 44.1 Å². The molecule has 0 radical (unpaired) electrons. The minimum atomic E-state index is -0.762. The lowest BCUT2D eigenvalue weighted by molar-refractivity contribution is -0.136. The molecule has 0 fully saturated rings. The molecule has 2 atom stereocenters. The highest BCUT2D eigenvalue weighted by Gasteiger charge is 2.31. The normalized spacial score (nSPS) is 15.4. The molecule has 0 spiro atoms. The number of rotatable bonds is 11. The molecule has 0 aliphatic carbocycles. The third kappa shape index (κ3) is 5.91. The van der Waals surface area contributed by atoms with Gasteiger partial charge in [-0.1, -0.05) is 30.4 Å². The van der Waals surface area contributed by atoms with E-state index >= 15 is 0 Å². The Morgan fingerprint density at radius 2 is 1.75 bits per heavy atom. The number of carbonyl (C=O) groups is 1. The second-order valence-electron chi connectivity index (χ2n) is 9.00. The van der Waals surface area contributed by atoms with E-state index in [0.29, 0.717) is 51.1 Å². The van der Waals surface area contributed by atoms with Crippen LogP contribution in [-0.2, 0) is 9.53 Å². The number of fused-ring (bicyclic) bond motifs is 1. The summed E-state index contributed by atoms with van der Waals surface area (Å²) in [5.41, 5.74) is 1.39. The summed E-state index contributed by atoms with van der Waals surface area (Å²) in [7, 11) is 2.88. The van der Waals surface area contributed by atoms with Crippen molar-refractivity contribution in [1.82, 2.24) is 4.57 Å². The van der Waals surface area contributed by atoms with Gasteiger partial charge in [0.05, 0.1) is 49.7 Å². The fraction of sp³-hybridized carbons (Fsp3) is 0.367. The molecule has 4 rings (SSSR count). The monoisotopic (exact) mass is 566 g/mol. The van der Waals surface area contributed by atoms with Crippen LogP contribution in [0.2, 0.25) is 0 Å². The summed E-state index contributed by atoms with van der Waals surface area (Å²) in [5.74, 6) is 1.75. The largest absolute Gasteiger partial charge is 0.493 e. The minimum absolute atomic E-state index is 0.0401. The van der Waals surface area contributed by atoms with Crippen molar-refractivity contribution in [2.75, 3.05) is 27.4 Å². The molecule has 2 heterocycles. The van der Waals surface area contributed by atoms with Crippen molar-refractivity contribution in [3.63, 3.8) is 0 Å². The molecule has 0 amide bonds. The Bertz CT molecular complexity index is 1590. The zero-order valence-corrected chi connectivity index (χ0v) is 24.4. The van der Waals surface area contributed by atoms with Crippen molar-refractivity contribution in [3.05, 3.63) is 79.0 Å². The molecule has 1 aliphatic rings. The zero-order chi connectivity index (χ0) is 28.8. The zero-order valence-electron chi connectivity index (χ0n) is 23.6. The van der Waals surface area contributed by atoms with Crippen LogP contribution in [0.25, 0.3) is 6.08 Å². The van der Waals surface area contributed by atoms with Gasteiger partial charge in [0.25, 0.3) is 5.56 Å². The third-order valence-corrected chi connectivity index (χ3v) is 7.39. The van der Waals surface area contributed by atoms with Crippen molar-refractivity contribution >= 4 is 23.4 Å². The predicted octanol–water partition coefficient (Wildman–Crippen LogP) is 4.00. The SMILES string of the molecule is CCOc1ccc([C@H]2C(C(=O)OC)=CN=c3s/c(=C\c4ccc(O[C@@H](C)CC)c(OC)c4)c(=O)n32)cc1OCC. The Hall–Kier alpha value is -4.05. The molecule has 0 N–H and O–H groups in total. The molecule has 0 saturated heterocycles. The quantitative estimate of drug-likeness (QED) is 0.324. The molecule has 1 aliphatic heterocycles. The Morgan fingerprint density at radius 1 is 1.02 bits per heavy atom. The number of benzene rings is 2. The number of aromatic nitrogens is 1. The molecule has 0 saturated carbocycles. The van der Waals surface area contributed by atoms with Crippen LogP contribution in [0.4, 0.5) is 0 Å². The third-order valence-electron chi connectivity index (χ3n) is 6.40. The van der Waals surface area contributed by atoms with Crippen LogP contribution in [0, 0.1) is 0 Å². The second-order valence-corrected chi connectivity index (χ2v) is 10.0. The van der Waals surface area contributed by atoms with Gasteiger partial charge in [-0.25, -0.2) is 9.79 Å². The Morgan fingerprint density at radius 3 is 2.42 bits per heavy atom. The summed E-state index contributed by atoms with van der Waals surface area (Å²) in [6, 6.07) is 10.2. The van der Waals surface area contributed by atoms with Gasteiger partial charge >= 0.3 is 5.97 Å². The number of nitrogens with zero attached hydrogens (tertiary/aromatic N) is 2. The fourth-order valence-corrected chi connectivity index (χ4v) is 5.28. The van der Waals surface area contributed by atoms with E-state index in [1.165, 1.54) is 29.2 Å². The van der Waals surface area contributed by atoms with Gasteiger partial charge in [-0.3, -0.25) is 9.36 Å². The van der Waals surface area contributed by atoms with Gasteiger partial charge < -0.3 is 23.7 Å². The summed E-state index contributed by atoms with van der Waals surface area (Å²) < 4.78 is 30.0. The van der Waals surface area contributed by atoms with E-state index < -0.39 is 12.0 Å². The second kappa shape index (κ2) is 12.9. The number of thiazole rings is 1. The van der Waals surface area contributed by atoms with Gasteiger partial charge in [0.2, 0.25) is 0 Å². The maximum absolute atomic E-state index is 13.8. The van der Waals surface area contributed by atoms with E-state index in [0.717, 1.165) is 12.0 Å². The van der Waals surface area contributed by atoms with Crippen LogP contribution in [0.1, 0.15) is 51.3 Å². The van der Waals surface area contributed by atoms with Gasteiger partial charge in [-0.2, -0.15) is 0 Å². The van der Waals surface area contributed by atoms with Gasteiger partial charge in [0.15, 0.2) is 27.8 Å². The summed E-state index contributed by atoms with van der Waals surface area (Å²) in [4.78, 5) is 31.5. The number of hydrogen-bond donors (Lipinski definition) is 0. The first-order chi connectivity index (χ1) is 19.3. The maximum Gasteiger partial charge on any atom is 0.337 e. The number of carbonyl (C=O) groups excluding carboxylic acids is 1. The van der Waals surface area contributed by atoms with Crippen LogP contribution >= 0.6 is 11.3 Å². The van der Waals surface area contributed by atoms with Crippen LogP contribution in [0.5, 0.6) is 23.0 Å². The van der Waals surface area contributed by atoms with E-state index in [-0.39, 0.29) is 17.2 Å². The van der Waals surface area contributed by atoms with E-state index in [4.69, 9.17) is 23.7 Å². The molecular formula is C30H34N2O7S. The maximum atomic E-state index is 13.8. The Labute approximate surface area is 236 Å². The average Bonchev–Trinajstić information content (AvgIpc) is 3.28. The molecule has 3 aromatic rings. The van der Waals surface area contributed by atoms with Crippen molar-refractivity contribution in [2.45, 2.75) is 46.3 Å². The minimum Gasteiger partial charge on any atom is -0.493 e. The number of methoxy groups -OCH3 is 2. The van der Waals surface area contributed by atoms with Crippen molar-refractivity contribution in [3.8, 4) is 23.0 Å². The Kier molecular flexibility index (Phi) is 9.31. The summed E-state index contributed by atoms with van der Waals surface area (Å²) >= 11 is 1.24. The highest BCUT2D eigenvalue weighted by molar-refractivity contribution is 7.07. The van der Waals surface area contributed by atoms with Crippen molar-refractivity contribution in [2.24, 2.45) is 4.99 Å². The van der Waals surface area contributed by atoms with Crippen molar-refractivity contribution in [1.29, 1.82) is 0 Å². The van der Waals surface area contributed by atoms with Gasteiger partial charge in [-0.05, 0) is 68.7 Å². The standard InChI is InChI=1S/C30H34N2O7S/c1-7-18(4)39-23-12-10-19(14-24(23)35-5)15-26-28(33)32-27(21(29(34)36-6)17-31-30(32)40-26)20-11-13-22(37-8-2)25(16-20)38-9-3/h10-18,27H,7-9H2,1-6H3/b26-15-/t18-,27-/m0/s1. The summed E-state index contributed by atoms with van der Waals surface area (Å²) in [6.45, 7) is 8.71. The topological polar surface area (TPSA) is 97.6 Å². The van der Waals surface area contributed by atoms with Crippen LogP contribution in [0.3, 0.4) is 0 Å². The van der Waals surface area contributed by atoms with Crippen molar-refractivity contribution < 1.29 is 28.5 Å². The molecule has 9 nitrogen and oxygen atoms in total. The lowest BCUT2D eigenvalue weighted by atomic mass is 9.97. The first kappa shape index (κ1) is 28.9. The highest BCUT2D eigenvalue weighted by atomic mass is 32.1. The molecular weight excluding hydrogens is 532 g/mol. The highest BCUT2D eigenvalue weighted by Crippen LogP contribution is 2.35. The van der Waals surface area contributed by atoms with Crippen LogP contribution in [0.15, 0.2) is 58.0 Å². The van der Waals surface area contributed by atoms with Gasteiger partial charge in [-0.15, -0.1) is 0 Å². The first-order valence-electron chi connectivity index (χ1n) is 13.2. The average molecular weight is 567 g/mol. The molecule has 212 valence electrons. The molecule has 1 aromatic heterocycles. The number of ether oxygens (including phenoxy) is 5. The Balaban J connectivity index is 1.84. The predicted molar refractivity (Wildman–Crippen MR) is 153 cm³/mol. The molecule has 0 bridgehead atoms. The summed E-state index contributed by atoms with van der Waals surface area (Å²) in [6.07, 6.45) is 4.15. The van der Waals surface area contributed by atoms with E-state index in [2.05, 4.69) is 11.9 Å². The van der Waals surface area contributed by atoms with Gasteiger partial charge in [0.1, 0.15) is 0 Å². The molecule has 0 unspecified atom stereocenters. The molecule has 40 heavy (non-hydrogen) atoms. The van der Waals surface area contributed by atoms with Gasteiger partial charge in [0, 0.05) is 6.20 Å². The van der Waals surface area contributed by atoms with Crippen LogP contribution < -0.4 is 33.8 Å². The van der Waals surface area contributed by atoms with E-state index in [1.54, 1.807) is 25.3 Å². The fourth-order valence-electron chi connectivity index (χ4n) is 4.31. The lowest BCUT2D eigenvalue weighted by Gasteiger charge is -2.23. The lowest BCUT2D eigenvalue weighted by Crippen LogP contribution is -2.39. The van der Waals surface area contributed by atoms with E-state index in [1.807, 2.05) is 45.0 Å². The molecule has 2 aromatic carbocycles. The smallest absolute Gasteiger partial charge is 0.337 e. The molecule has 10 heteroatoms. The number of esters is 1. The summed E-state index contributed by atoms with van der Waals surface area (Å²) in [5, 5.41) is 0.